The number of ether oxygens (including phenoxy) is 2. The van der Waals surface area contributed by atoms with Crippen LogP contribution in [0.15, 0.2) is 42.7 Å². The lowest BCUT2D eigenvalue weighted by molar-refractivity contribution is -0.137. The molecule has 6 nitrogen and oxygen atoms in total. The zero-order valence-electron chi connectivity index (χ0n) is 17.6. The predicted octanol–water partition coefficient (Wildman–Crippen LogP) is 4.78. The number of hydrogen-bond donors (Lipinski definition) is 1. The number of pyridine rings is 2. The molecule has 1 aromatic carbocycles. The molecule has 2 atom stereocenters. The van der Waals surface area contributed by atoms with Crippen molar-refractivity contribution >= 4 is 5.97 Å². The van der Waals surface area contributed by atoms with Crippen LogP contribution in [0.25, 0.3) is 11.1 Å². The van der Waals surface area contributed by atoms with Gasteiger partial charge in [0.1, 0.15) is 11.9 Å². The van der Waals surface area contributed by atoms with Crippen molar-refractivity contribution in [3.63, 3.8) is 0 Å². The van der Waals surface area contributed by atoms with E-state index in [4.69, 9.17) is 14.6 Å². The molecule has 5 rings (SSSR count). The zero-order valence-corrected chi connectivity index (χ0v) is 17.6. The van der Waals surface area contributed by atoms with E-state index >= 15 is 0 Å². The van der Waals surface area contributed by atoms with E-state index in [1.807, 2.05) is 6.20 Å². The minimum absolute atomic E-state index is 0.0425. The Morgan fingerprint density at radius 2 is 2.10 bits per heavy atom. The summed E-state index contributed by atoms with van der Waals surface area (Å²) in [5.74, 6) is 0.186. The van der Waals surface area contributed by atoms with Gasteiger partial charge in [0, 0.05) is 41.2 Å². The highest BCUT2D eigenvalue weighted by molar-refractivity contribution is 5.74. The number of aryl methyl sites for hydroxylation is 2. The first-order valence-corrected chi connectivity index (χ1v) is 10.6. The predicted molar refractivity (Wildman–Crippen MR) is 116 cm³/mol. The van der Waals surface area contributed by atoms with Gasteiger partial charge < -0.3 is 14.6 Å². The number of nitrogens with zero attached hydrogens (tertiary/aromatic N) is 2. The van der Waals surface area contributed by atoms with Gasteiger partial charge in [0.15, 0.2) is 0 Å². The molecule has 0 fully saturated rings. The third-order valence-corrected chi connectivity index (χ3v) is 6.27. The Kier molecular flexibility index (Phi) is 4.85. The number of benzene rings is 1. The fourth-order valence-corrected chi connectivity index (χ4v) is 4.81. The third-order valence-electron chi connectivity index (χ3n) is 6.27. The van der Waals surface area contributed by atoms with Crippen molar-refractivity contribution in [1.29, 1.82) is 0 Å². The molecule has 2 aliphatic rings. The largest absolute Gasteiger partial charge is 0.492 e. The minimum atomic E-state index is -0.834. The highest BCUT2D eigenvalue weighted by atomic mass is 16.5. The van der Waals surface area contributed by atoms with Crippen molar-refractivity contribution in [2.24, 2.45) is 0 Å². The van der Waals surface area contributed by atoms with Crippen molar-refractivity contribution < 1.29 is 19.4 Å². The van der Waals surface area contributed by atoms with E-state index in [1.54, 1.807) is 12.3 Å². The summed E-state index contributed by atoms with van der Waals surface area (Å²) >= 11 is 0. The van der Waals surface area contributed by atoms with E-state index in [1.165, 1.54) is 27.8 Å². The molecule has 31 heavy (non-hydrogen) atoms. The van der Waals surface area contributed by atoms with Crippen LogP contribution in [0.5, 0.6) is 11.6 Å². The van der Waals surface area contributed by atoms with Crippen LogP contribution in [0.4, 0.5) is 0 Å². The number of aliphatic carboxylic acids is 1. The molecule has 1 N–H and O–H groups in total. The maximum absolute atomic E-state index is 11.0. The number of hydrogen-bond acceptors (Lipinski definition) is 5. The van der Waals surface area contributed by atoms with E-state index in [2.05, 4.69) is 48.1 Å². The molecule has 3 aromatic rings. The Balaban J connectivity index is 1.42. The molecule has 3 heterocycles. The molecule has 1 aliphatic carbocycles. The van der Waals surface area contributed by atoms with E-state index < -0.39 is 5.97 Å². The molecule has 0 bridgehead atoms. The third kappa shape index (κ3) is 3.52. The number of aromatic nitrogens is 2. The van der Waals surface area contributed by atoms with Crippen LogP contribution in [-0.2, 0) is 11.2 Å². The van der Waals surface area contributed by atoms with E-state index in [-0.39, 0.29) is 18.4 Å². The van der Waals surface area contributed by atoms with Gasteiger partial charge in [-0.1, -0.05) is 18.2 Å². The molecule has 0 spiro atoms. The van der Waals surface area contributed by atoms with Crippen LogP contribution < -0.4 is 9.47 Å². The van der Waals surface area contributed by atoms with Crippen LogP contribution in [0.2, 0.25) is 0 Å². The van der Waals surface area contributed by atoms with Gasteiger partial charge in [-0.2, -0.15) is 0 Å². The molecule has 2 unspecified atom stereocenters. The maximum atomic E-state index is 11.0. The highest BCUT2D eigenvalue weighted by Crippen LogP contribution is 2.42. The molecule has 0 saturated heterocycles. The Hall–Kier alpha value is -3.41. The van der Waals surface area contributed by atoms with E-state index in [9.17, 15) is 4.79 Å². The summed E-state index contributed by atoms with van der Waals surface area (Å²) in [7, 11) is 0. The molecular weight excluding hydrogens is 392 g/mol. The van der Waals surface area contributed by atoms with Crippen LogP contribution in [-0.4, -0.2) is 27.7 Å². The zero-order chi connectivity index (χ0) is 21.5. The number of fused-ring (bicyclic) bond motifs is 2. The van der Waals surface area contributed by atoms with Crippen LogP contribution >= 0.6 is 0 Å². The first kappa shape index (κ1) is 19.5. The lowest BCUT2D eigenvalue weighted by atomic mass is 9.93. The van der Waals surface area contributed by atoms with Crippen molar-refractivity contribution in [2.45, 2.75) is 45.1 Å². The number of rotatable bonds is 5. The topological polar surface area (TPSA) is 81.5 Å². The summed E-state index contributed by atoms with van der Waals surface area (Å²) in [6.07, 6.45) is 5.33. The Morgan fingerprint density at radius 3 is 2.90 bits per heavy atom. The highest BCUT2D eigenvalue weighted by Gasteiger charge is 2.30. The maximum Gasteiger partial charge on any atom is 0.304 e. The summed E-state index contributed by atoms with van der Waals surface area (Å²) in [5.41, 5.74) is 8.02. The lowest BCUT2D eigenvalue weighted by Crippen LogP contribution is -2.07. The first-order chi connectivity index (χ1) is 15.0. The van der Waals surface area contributed by atoms with Gasteiger partial charge in [-0.05, 0) is 55.0 Å². The smallest absolute Gasteiger partial charge is 0.304 e. The Bertz CT molecular complexity index is 1150. The van der Waals surface area contributed by atoms with Gasteiger partial charge in [-0.25, -0.2) is 4.98 Å². The van der Waals surface area contributed by atoms with Gasteiger partial charge in [0.2, 0.25) is 5.88 Å². The van der Waals surface area contributed by atoms with Crippen molar-refractivity contribution in [2.75, 3.05) is 6.61 Å². The normalized spacial score (nSPS) is 18.9. The molecule has 1 aliphatic heterocycles. The fourth-order valence-electron chi connectivity index (χ4n) is 4.81. The Labute approximate surface area is 180 Å². The summed E-state index contributed by atoms with van der Waals surface area (Å²) < 4.78 is 12.0. The molecule has 158 valence electrons. The molecule has 6 heteroatoms. The molecule has 0 amide bonds. The quantitative estimate of drug-likeness (QED) is 0.645. The standard InChI is InChI=1S/C25H24N2O4/c1-14-8-9-26-15(2)25(14)19-5-3-4-18-17(19)6-7-21(18)31-23-11-22-20(12-27-23)16(13-30-22)10-24(28)29/h3-5,8-9,11-12,16,21H,6-7,10,13H2,1-2H3,(H,28,29). The number of carbonyl (C=O) groups is 1. The second kappa shape index (κ2) is 7.69. The second-order valence-corrected chi connectivity index (χ2v) is 8.27. The Morgan fingerprint density at radius 1 is 1.23 bits per heavy atom. The van der Waals surface area contributed by atoms with E-state index in [0.29, 0.717) is 18.2 Å². The van der Waals surface area contributed by atoms with Crippen molar-refractivity contribution in [3.05, 3.63) is 70.7 Å². The van der Waals surface area contributed by atoms with Gasteiger partial charge in [0.05, 0.1) is 13.0 Å². The average Bonchev–Trinajstić information content (AvgIpc) is 3.32. The molecule has 0 radical (unpaired) electrons. The van der Waals surface area contributed by atoms with Gasteiger partial charge in [-0.3, -0.25) is 9.78 Å². The average molecular weight is 416 g/mol. The number of carboxylic acids is 1. The van der Waals surface area contributed by atoms with E-state index in [0.717, 1.165) is 24.1 Å². The van der Waals surface area contributed by atoms with Gasteiger partial charge in [-0.15, -0.1) is 0 Å². The van der Waals surface area contributed by atoms with Crippen LogP contribution in [0, 0.1) is 13.8 Å². The van der Waals surface area contributed by atoms with Crippen molar-refractivity contribution in [3.8, 4) is 22.8 Å². The SMILES string of the molecule is Cc1ccnc(C)c1-c1cccc2c1CCC2Oc1cc2c(cn1)C(CC(=O)O)CO2. The summed E-state index contributed by atoms with van der Waals surface area (Å²) in [6.45, 7) is 4.54. The summed E-state index contributed by atoms with van der Waals surface area (Å²) in [4.78, 5) is 20.0. The van der Waals surface area contributed by atoms with Gasteiger partial charge in [0.25, 0.3) is 0 Å². The molecular formula is C25H24N2O4. The lowest BCUT2D eigenvalue weighted by Gasteiger charge is -2.17. The van der Waals surface area contributed by atoms with Crippen LogP contribution in [0.3, 0.4) is 0 Å². The second-order valence-electron chi connectivity index (χ2n) is 8.27. The first-order valence-electron chi connectivity index (χ1n) is 10.6. The fraction of sp³-hybridized carbons (Fsp3) is 0.320. The van der Waals surface area contributed by atoms with Crippen molar-refractivity contribution in [1.82, 2.24) is 9.97 Å². The monoisotopic (exact) mass is 416 g/mol. The summed E-state index contributed by atoms with van der Waals surface area (Å²) in [5, 5.41) is 9.07. The minimum Gasteiger partial charge on any atom is -0.492 e. The molecule has 2 aromatic heterocycles. The van der Waals surface area contributed by atoms with Gasteiger partial charge >= 0.3 is 5.97 Å². The molecule has 0 saturated carbocycles. The summed E-state index contributed by atoms with van der Waals surface area (Å²) in [6, 6.07) is 10.2. The number of carboxylic acid groups (broad SMARTS) is 1. The van der Waals surface area contributed by atoms with Crippen LogP contribution in [0.1, 0.15) is 52.8 Å².